The lowest BCUT2D eigenvalue weighted by atomic mass is 10.1. The predicted molar refractivity (Wildman–Crippen MR) is 123 cm³/mol. The molecule has 1 aliphatic carbocycles. The summed E-state index contributed by atoms with van der Waals surface area (Å²) in [7, 11) is 0. The Morgan fingerprint density at radius 1 is 1.30 bits per heavy atom. The van der Waals surface area contributed by atoms with Crippen LogP contribution < -0.4 is 5.32 Å². The lowest BCUT2D eigenvalue weighted by Crippen LogP contribution is -2.36. The van der Waals surface area contributed by atoms with Crippen LogP contribution in [0.25, 0.3) is 21.5 Å². The number of rotatable bonds is 7. The number of aromatic nitrogens is 4. The van der Waals surface area contributed by atoms with Crippen LogP contribution in [0, 0.1) is 11.3 Å². The number of aliphatic hydroxyl groups is 1. The van der Waals surface area contributed by atoms with Crippen molar-refractivity contribution < 1.29 is 14.3 Å². The summed E-state index contributed by atoms with van der Waals surface area (Å²) in [6.07, 6.45) is 1.66. The van der Waals surface area contributed by atoms with Crippen molar-refractivity contribution in [2.75, 3.05) is 0 Å². The number of fused-ring (bicyclic) bond motifs is 1. The fourth-order valence-electron chi connectivity index (χ4n) is 3.29. The molecule has 11 heteroatoms. The van der Waals surface area contributed by atoms with Crippen molar-refractivity contribution in [1.82, 2.24) is 25.5 Å². The second kappa shape index (κ2) is 7.98. The summed E-state index contributed by atoms with van der Waals surface area (Å²) in [6.45, 7) is 3.44. The third kappa shape index (κ3) is 4.64. The molecule has 168 valence electrons. The van der Waals surface area contributed by atoms with Crippen LogP contribution in [-0.2, 0) is 23.2 Å². The summed E-state index contributed by atoms with van der Waals surface area (Å²) >= 11 is 2.96. The minimum Gasteiger partial charge on any atom is -0.424 e. The zero-order valence-electron chi connectivity index (χ0n) is 18.0. The van der Waals surface area contributed by atoms with Crippen LogP contribution in [0.1, 0.15) is 48.5 Å². The highest BCUT2D eigenvalue weighted by Crippen LogP contribution is 2.34. The van der Waals surface area contributed by atoms with E-state index in [0.717, 1.165) is 26.5 Å². The molecule has 33 heavy (non-hydrogen) atoms. The first-order valence-corrected chi connectivity index (χ1v) is 12.0. The van der Waals surface area contributed by atoms with Gasteiger partial charge in [0.25, 0.3) is 0 Å². The number of nitriles is 1. The first-order valence-electron chi connectivity index (χ1n) is 10.3. The molecule has 0 unspecified atom stereocenters. The van der Waals surface area contributed by atoms with Gasteiger partial charge < -0.3 is 14.8 Å². The van der Waals surface area contributed by atoms with Gasteiger partial charge in [0.15, 0.2) is 0 Å². The van der Waals surface area contributed by atoms with Crippen LogP contribution in [0.2, 0.25) is 0 Å². The monoisotopic (exact) mass is 480 g/mol. The molecule has 0 bridgehead atoms. The van der Waals surface area contributed by atoms with E-state index in [-0.39, 0.29) is 18.2 Å². The summed E-state index contributed by atoms with van der Waals surface area (Å²) < 4.78 is 6.62. The number of hydrogen-bond donors (Lipinski definition) is 2. The summed E-state index contributed by atoms with van der Waals surface area (Å²) in [5.74, 6) is 0.296. The molecule has 1 fully saturated rings. The third-order valence-corrected chi connectivity index (χ3v) is 7.40. The van der Waals surface area contributed by atoms with Gasteiger partial charge in [-0.3, -0.25) is 4.79 Å². The maximum atomic E-state index is 12.1. The van der Waals surface area contributed by atoms with Gasteiger partial charge in [-0.1, -0.05) is 6.07 Å². The van der Waals surface area contributed by atoms with E-state index in [2.05, 4.69) is 31.6 Å². The van der Waals surface area contributed by atoms with E-state index in [1.165, 1.54) is 22.7 Å². The first kappa shape index (κ1) is 21.6. The number of nitrogens with one attached hydrogen (secondary N) is 1. The molecule has 4 aromatic rings. The van der Waals surface area contributed by atoms with Crippen LogP contribution in [0.5, 0.6) is 0 Å². The maximum Gasteiger partial charge on any atom is 0.230 e. The number of carbonyl (C=O) groups is 1. The molecule has 0 aliphatic heterocycles. The average Bonchev–Trinajstić information content (AvgIpc) is 3.15. The highest BCUT2D eigenvalue weighted by molar-refractivity contribution is 7.18. The van der Waals surface area contributed by atoms with E-state index in [1.807, 2.05) is 23.6 Å². The van der Waals surface area contributed by atoms with Crippen molar-refractivity contribution in [3.8, 4) is 17.3 Å². The number of hydrogen-bond acceptors (Lipinski definition) is 10. The fraction of sp³-hybridized carbons (Fsp3) is 0.364. The summed E-state index contributed by atoms with van der Waals surface area (Å²) in [5.41, 5.74) is 0.957. The van der Waals surface area contributed by atoms with Gasteiger partial charge >= 0.3 is 0 Å². The van der Waals surface area contributed by atoms with Crippen molar-refractivity contribution in [3.63, 3.8) is 0 Å². The molecule has 3 aromatic heterocycles. The number of nitrogens with zero attached hydrogens (tertiary/aromatic N) is 5. The summed E-state index contributed by atoms with van der Waals surface area (Å²) in [6, 6.07) is 8.06. The van der Waals surface area contributed by atoms with Gasteiger partial charge in [-0.15, -0.1) is 32.9 Å². The number of benzene rings is 1. The number of amides is 1. The van der Waals surface area contributed by atoms with Gasteiger partial charge in [0.05, 0.1) is 28.4 Å². The lowest BCUT2D eigenvalue weighted by molar-refractivity contribution is -0.121. The Morgan fingerprint density at radius 3 is 2.79 bits per heavy atom. The van der Waals surface area contributed by atoms with Gasteiger partial charge in [0.2, 0.25) is 17.7 Å². The second-order valence-corrected chi connectivity index (χ2v) is 10.5. The van der Waals surface area contributed by atoms with E-state index in [9.17, 15) is 9.90 Å². The molecular formula is C22H20N6O3S2. The maximum absolute atomic E-state index is 12.1. The Hall–Kier alpha value is -3.20. The van der Waals surface area contributed by atoms with Crippen LogP contribution in [-0.4, -0.2) is 36.7 Å². The van der Waals surface area contributed by atoms with Crippen molar-refractivity contribution >= 4 is 38.8 Å². The van der Waals surface area contributed by atoms with Crippen molar-refractivity contribution in [3.05, 3.63) is 45.4 Å². The van der Waals surface area contributed by atoms with Gasteiger partial charge in [-0.2, -0.15) is 5.26 Å². The molecule has 1 aliphatic rings. The molecule has 0 atom stereocenters. The zero-order chi connectivity index (χ0) is 23.2. The highest BCUT2D eigenvalue weighted by atomic mass is 32.1. The molecule has 1 aromatic carbocycles. The Balaban J connectivity index is 1.28. The van der Waals surface area contributed by atoms with Gasteiger partial charge in [-0.05, 0) is 38.8 Å². The second-order valence-electron chi connectivity index (χ2n) is 8.57. The molecular weight excluding hydrogens is 460 g/mol. The highest BCUT2D eigenvalue weighted by Gasteiger charge is 2.44. The first-order chi connectivity index (χ1) is 15.7. The molecule has 1 amide bonds. The predicted octanol–water partition coefficient (Wildman–Crippen LogP) is 3.34. The molecule has 9 nitrogen and oxygen atoms in total. The Labute approximate surface area is 197 Å². The molecule has 3 heterocycles. The molecule has 0 spiro atoms. The van der Waals surface area contributed by atoms with Crippen molar-refractivity contribution in [1.29, 1.82) is 5.26 Å². The minimum absolute atomic E-state index is 0.0556. The summed E-state index contributed by atoms with van der Waals surface area (Å²) in [4.78, 5) is 21.3. The standard InChI is InChI=1S/C22H20N6O3S2/c1-21(2,30)20-25-14(10-32-20)12-3-4-13-15(7-12)33-19(24-13)9-18-28-27-17(31-18)8-16(29)26-22(11-23)5-6-22/h3-4,7,10,30H,5-6,8-9H2,1-2H3,(H,26,29). The van der Waals surface area contributed by atoms with E-state index in [4.69, 9.17) is 9.68 Å². The van der Waals surface area contributed by atoms with Gasteiger partial charge in [0, 0.05) is 10.9 Å². The number of thiazole rings is 2. The Bertz CT molecular complexity index is 1390. The van der Waals surface area contributed by atoms with Crippen molar-refractivity contribution in [2.45, 2.75) is 50.7 Å². The molecule has 0 radical (unpaired) electrons. The lowest BCUT2D eigenvalue weighted by Gasteiger charge is -2.12. The largest absolute Gasteiger partial charge is 0.424 e. The zero-order valence-corrected chi connectivity index (χ0v) is 19.6. The van der Waals surface area contributed by atoms with Crippen LogP contribution in [0.15, 0.2) is 28.0 Å². The molecule has 0 saturated heterocycles. The molecule has 5 rings (SSSR count). The minimum atomic E-state index is -0.969. The third-order valence-electron chi connectivity index (χ3n) is 5.22. The fourth-order valence-corrected chi connectivity index (χ4v) is 5.14. The average molecular weight is 481 g/mol. The van der Waals surface area contributed by atoms with E-state index >= 15 is 0 Å². The SMILES string of the molecule is CC(C)(O)c1nc(-c2ccc3nc(Cc4nnc(CC(=O)NC5(C#N)CC5)o4)sc3c2)cs1. The normalized spacial score (nSPS) is 14.8. The van der Waals surface area contributed by atoms with Gasteiger partial charge in [0.1, 0.15) is 27.6 Å². The number of carbonyl (C=O) groups excluding carboxylic acids is 1. The Morgan fingerprint density at radius 2 is 2.09 bits per heavy atom. The molecule has 2 N–H and O–H groups in total. The van der Waals surface area contributed by atoms with Crippen LogP contribution >= 0.6 is 22.7 Å². The van der Waals surface area contributed by atoms with Gasteiger partial charge in [-0.25, -0.2) is 9.97 Å². The van der Waals surface area contributed by atoms with E-state index in [1.54, 1.807) is 13.8 Å². The molecule has 1 saturated carbocycles. The van der Waals surface area contributed by atoms with Crippen LogP contribution in [0.4, 0.5) is 0 Å². The van der Waals surface area contributed by atoms with E-state index in [0.29, 0.717) is 30.2 Å². The van der Waals surface area contributed by atoms with Crippen LogP contribution in [0.3, 0.4) is 0 Å². The topological polar surface area (TPSA) is 138 Å². The summed E-state index contributed by atoms with van der Waals surface area (Å²) in [5, 5.41) is 33.4. The van der Waals surface area contributed by atoms with E-state index < -0.39 is 11.1 Å². The Kier molecular flexibility index (Phi) is 5.23. The van der Waals surface area contributed by atoms with Crippen molar-refractivity contribution in [2.24, 2.45) is 0 Å². The quantitative estimate of drug-likeness (QED) is 0.411. The smallest absolute Gasteiger partial charge is 0.230 e.